The van der Waals surface area contributed by atoms with Gasteiger partial charge in [-0.15, -0.1) is 0 Å². The standard InChI is InChI=1S/C11H8BrFN2O/c1-15-5-4-14-11(15)10(16)7-2-3-9(13)8(12)6-7/h2-6H,1H3. The zero-order valence-electron chi connectivity index (χ0n) is 8.45. The van der Waals surface area contributed by atoms with Gasteiger partial charge in [0.1, 0.15) is 5.82 Å². The van der Waals surface area contributed by atoms with Crippen LogP contribution in [-0.2, 0) is 7.05 Å². The first kappa shape index (κ1) is 11.0. The second kappa shape index (κ2) is 4.17. The van der Waals surface area contributed by atoms with Crippen LogP contribution in [0.3, 0.4) is 0 Å². The third-order valence-corrected chi connectivity index (χ3v) is 2.81. The predicted molar refractivity (Wildman–Crippen MR) is 60.7 cm³/mol. The molecule has 3 nitrogen and oxygen atoms in total. The summed E-state index contributed by atoms with van der Waals surface area (Å²) in [6.07, 6.45) is 3.23. The minimum absolute atomic E-state index is 0.229. The predicted octanol–water partition coefficient (Wildman–Crippen LogP) is 2.55. The van der Waals surface area contributed by atoms with Crippen LogP contribution in [0.2, 0.25) is 0 Å². The van der Waals surface area contributed by atoms with Crippen molar-refractivity contribution in [1.29, 1.82) is 0 Å². The molecule has 1 aromatic carbocycles. The highest BCUT2D eigenvalue weighted by Gasteiger charge is 2.14. The van der Waals surface area contributed by atoms with Gasteiger partial charge in [0.2, 0.25) is 5.78 Å². The highest BCUT2D eigenvalue weighted by molar-refractivity contribution is 9.10. The smallest absolute Gasteiger partial charge is 0.228 e. The number of carbonyl (C=O) groups excluding carboxylic acids is 1. The van der Waals surface area contributed by atoms with Crippen LogP contribution in [0.1, 0.15) is 16.2 Å². The molecule has 0 saturated carbocycles. The van der Waals surface area contributed by atoms with E-state index in [1.165, 1.54) is 18.2 Å². The van der Waals surface area contributed by atoms with Crippen molar-refractivity contribution in [1.82, 2.24) is 9.55 Å². The molecular formula is C11H8BrFN2O. The number of benzene rings is 1. The Morgan fingerprint density at radius 3 is 2.81 bits per heavy atom. The molecule has 0 aliphatic carbocycles. The van der Waals surface area contributed by atoms with Crippen LogP contribution in [0, 0.1) is 5.82 Å². The van der Waals surface area contributed by atoms with Crippen LogP contribution in [0.15, 0.2) is 35.1 Å². The van der Waals surface area contributed by atoms with Gasteiger partial charge in [0.05, 0.1) is 4.47 Å². The fourth-order valence-corrected chi connectivity index (χ4v) is 1.73. The third kappa shape index (κ3) is 1.90. The summed E-state index contributed by atoms with van der Waals surface area (Å²) in [4.78, 5) is 15.9. The molecule has 2 rings (SSSR count). The molecule has 16 heavy (non-hydrogen) atoms. The summed E-state index contributed by atoms with van der Waals surface area (Å²) in [6, 6.07) is 4.14. The second-order valence-electron chi connectivity index (χ2n) is 3.32. The summed E-state index contributed by atoms with van der Waals surface area (Å²) in [5.41, 5.74) is 0.405. The van der Waals surface area contributed by atoms with E-state index in [4.69, 9.17) is 0 Å². The molecule has 0 aliphatic rings. The molecule has 2 aromatic rings. The Bertz CT molecular complexity index is 551. The maximum Gasteiger partial charge on any atom is 0.228 e. The molecule has 0 fully saturated rings. The Labute approximate surface area is 100 Å². The lowest BCUT2D eigenvalue weighted by Gasteiger charge is -2.02. The Balaban J connectivity index is 2.42. The lowest BCUT2D eigenvalue weighted by molar-refractivity contribution is 0.102. The molecule has 0 N–H and O–H groups in total. The van der Waals surface area contributed by atoms with Gasteiger partial charge in [-0.25, -0.2) is 9.37 Å². The number of aromatic nitrogens is 2. The maximum absolute atomic E-state index is 13.0. The first-order valence-electron chi connectivity index (χ1n) is 4.56. The van der Waals surface area contributed by atoms with Crippen molar-refractivity contribution in [2.75, 3.05) is 0 Å². The van der Waals surface area contributed by atoms with Gasteiger partial charge >= 0.3 is 0 Å². The molecule has 1 aromatic heterocycles. The van der Waals surface area contributed by atoms with Gasteiger partial charge in [0.25, 0.3) is 0 Å². The van der Waals surface area contributed by atoms with Crippen molar-refractivity contribution in [2.45, 2.75) is 0 Å². The lowest BCUT2D eigenvalue weighted by atomic mass is 10.1. The van der Waals surface area contributed by atoms with E-state index >= 15 is 0 Å². The third-order valence-electron chi connectivity index (χ3n) is 2.21. The van der Waals surface area contributed by atoms with E-state index in [0.29, 0.717) is 11.4 Å². The van der Waals surface area contributed by atoms with E-state index in [2.05, 4.69) is 20.9 Å². The molecule has 0 aliphatic heterocycles. The number of halogens is 2. The summed E-state index contributed by atoms with van der Waals surface area (Å²) in [5.74, 6) is -0.289. The fourth-order valence-electron chi connectivity index (χ4n) is 1.35. The van der Waals surface area contributed by atoms with E-state index in [1.54, 1.807) is 24.0 Å². The summed E-state index contributed by atoms with van der Waals surface area (Å²) in [7, 11) is 1.73. The van der Waals surface area contributed by atoms with Gasteiger partial charge in [0.15, 0.2) is 5.82 Å². The first-order chi connectivity index (χ1) is 7.59. The minimum atomic E-state index is -0.392. The number of imidazole rings is 1. The largest absolute Gasteiger partial charge is 0.331 e. The number of ketones is 1. The van der Waals surface area contributed by atoms with E-state index in [-0.39, 0.29) is 10.3 Å². The average Bonchev–Trinajstić information content (AvgIpc) is 2.67. The molecule has 0 bridgehead atoms. The van der Waals surface area contributed by atoms with E-state index in [1.807, 2.05) is 0 Å². The topological polar surface area (TPSA) is 34.9 Å². The fraction of sp³-hybridized carbons (Fsp3) is 0.0909. The Morgan fingerprint density at radius 1 is 1.50 bits per heavy atom. The van der Waals surface area contributed by atoms with Crippen LogP contribution in [0.25, 0.3) is 0 Å². The van der Waals surface area contributed by atoms with Crippen LogP contribution < -0.4 is 0 Å². The highest BCUT2D eigenvalue weighted by atomic mass is 79.9. The van der Waals surface area contributed by atoms with Gasteiger partial charge in [-0.1, -0.05) is 0 Å². The number of nitrogens with zero attached hydrogens (tertiary/aromatic N) is 2. The zero-order chi connectivity index (χ0) is 11.7. The van der Waals surface area contributed by atoms with Crippen LogP contribution in [0.4, 0.5) is 4.39 Å². The number of hydrogen-bond donors (Lipinski definition) is 0. The summed E-state index contributed by atoms with van der Waals surface area (Å²) >= 11 is 3.04. The quantitative estimate of drug-likeness (QED) is 0.794. The number of carbonyl (C=O) groups is 1. The van der Waals surface area contributed by atoms with Gasteiger partial charge in [-0.05, 0) is 34.1 Å². The van der Waals surface area contributed by atoms with E-state index < -0.39 is 5.82 Å². The molecule has 0 amide bonds. The molecular weight excluding hydrogens is 275 g/mol. The lowest BCUT2D eigenvalue weighted by Crippen LogP contribution is -2.08. The van der Waals surface area contributed by atoms with Crippen molar-refractivity contribution >= 4 is 21.7 Å². The molecule has 0 saturated heterocycles. The molecule has 0 unspecified atom stereocenters. The van der Waals surface area contributed by atoms with Gasteiger partial charge in [-0.3, -0.25) is 4.79 Å². The Kier molecular flexibility index (Phi) is 2.87. The second-order valence-corrected chi connectivity index (χ2v) is 4.17. The summed E-state index contributed by atoms with van der Waals surface area (Å²) < 4.78 is 14.9. The molecule has 1 heterocycles. The summed E-state index contributed by atoms with van der Waals surface area (Å²) in [6.45, 7) is 0. The zero-order valence-corrected chi connectivity index (χ0v) is 10.0. The number of aryl methyl sites for hydroxylation is 1. The monoisotopic (exact) mass is 282 g/mol. The molecule has 5 heteroatoms. The summed E-state index contributed by atoms with van der Waals surface area (Å²) in [5, 5.41) is 0. The van der Waals surface area contributed by atoms with Gasteiger partial charge in [0, 0.05) is 25.0 Å². The van der Waals surface area contributed by atoms with E-state index in [0.717, 1.165) is 0 Å². The SMILES string of the molecule is Cn1ccnc1C(=O)c1ccc(F)c(Br)c1. The normalized spacial score (nSPS) is 10.4. The highest BCUT2D eigenvalue weighted by Crippen LogP contribution is 2.18. The van der Waals surface area contributed by atoms with Crippen molar-refractivity contribution in [3.63, 3.8) is 0 Å². The number of hydrogen-bond acceptors (Lipinski definition) is 2. The number of rotatable bonds is 2. The maximum atomic E-state index is 13.0. The first-order valence-corrected chi connectivity index (χ1v) is 5.36. The molecule has 82 valence electrons. The molecule has 0 spiro atoms. The van der Waals surface area contributed by atoms with Crippen molar-refractivity contribution in [2.24, 2.45) is 7.05 Å². The Morgan fingerprint density at radius 2 is 2.25 bits per heavy atom. The Hall–Kier alpha value is -1.49. The van der Waals surface area contributed by atoms with Crippen molar-refractivity contribution in [3.8, 4) is 0 Å². The molecule has 0 atom stereocenters. The van der Waals surface area contributed by atoms with Crippen LogP contribution in [-0.4, -0.2) is 15.3 Å². The van der Waals surface area contributed by atoms with E-state index in [9.17, 15) is 9.18 Å². The van der Waals surface area contributed by atoms with Crippen molar-refractivity contribution < 1.29 is 9.18 Å². The minimum Gasteiger partial charge on any atom is -0.331 e. The van der Waals surface area contributed by atoms with Crippen molar-refractivity contribution in [3.05, 3.63) is 52.3 Å². The average molecular weight is 283 g/mol. The molecule has 0 radical (unpaired) electrons. The van der Waals surface area contributed by atoms with Crippen LogP contribution in [0.5, 0.6) is 0 Å². The van der Waals surface area contributed by atoms with Gasteiger partial charge in [-0.2, -0.15) is 0 Å². The van der Waals surface area contributed by atoms with Crippen LogP contribution >= 0.6 is 15.9 Å². The van der Waals surface area contributed by atoms with Gasteiger partial charge < -0.3 is 4.57 Å².